The molecular weight excluding hydrogens is 354 g/mol. The first-order chi connectivity index (χ1) is 13.3. The SMILES string of the molecule is CNC(=O)c1cccc(CNC(=O)C(NC(=O)c2ccccc2C)C(C)C)c1. The Hall–Kier alpha value is -3.15. The first kappa shape index (κ1) is 21.2. The molecule has 0 aromatic heterocycles. The Morgan fingerprint density at radius 3 is 2.32 bits per heavy atom. The summed E-state index contributed by atoms with van der Waals surface area (Å²) in [6, 6.07) is 13.7. The molecule has 2 rings (SSSR count). The van der Waals surface area contributed by atoms with E-state index in [4.69, 9.17) is 0 Å². The first-order valence-corrected chi connectivity index (χ1v) is 9.28. The fourth-order valence-electron chi connectivity index (χ4n) is 2.85. The quantitative estimate of drug-likeness (QED) is 0.688. The van der Waals surface area contributed by atoms with Gasteiger partial charge < -0.3 is 16.0 Å². The van der Waals surface area contributed by atoms with Gasteiger partial charge in [-0.25, -0.2) is 0 Å². The van der Waals surface area contributed by atoms with Gasteiger partial charge in [0.2, 0.25) is 5.91 Å². The lowest BCUT2D eigenvalue weighted by molar-refractivity contribution is -0.124. The highest BCUT2D eigenvalue weighted by Crippen LogP contribution is 2.10. The molecule has 6 heteroatoms. The van der Waals surface area contributed by atoms with Gasteiger partial charge in [0, 0.05) is 24.7 Å². The zero-order chi connectivity index (χ0) is 20.7. The Kier molecular flexibility index (Phi) is 7.32. The van der Waals surface area contributed by atoms with Gasteiger partial charge in [-0.1, -0.05) is 44.2 Å². The van der Waals surface area contributed by atoms with Gasteiger partial charge in [-0.2, -0.15) is 0 Å². The molecule has 2 aromatic carbocycles. The molecule has 0 spiro atoms. The zero-order valence-corrected chi connectivity index (χ0v) is 16.7. The molecule has 0 radical (unpaired) electrons. The maximum Gasteiger partial charge on any atom is 0.252 e. The molecule has 1 atom stereocenters. The van der Waals surface area contributed by atoms with Gasteiger partial charge in [0.25, 0.3) is 11.8 Å². The molecule has 6 nitrogen and oxygen atoms in total. The largest absolute Gasteiger partial charge is 0.355 e. The summed E-state index contributed by atoms with van der Waals surface area (Å²) >= 11 is 0. The molecule has 0 bridgehead atoms. The molecule has 3 amide bonds. The van der Waals surface area contributed by atoms with Crippen molar-refractivity contribution in [2.45, 2.75) is 33.4 Å². The monoisotopic (exact) mass is 381 g/mol. The summed E-state index contributed by atoms with van der Waals surface area (Å²) in [4.78, 5) is 37.0. The van der Waals surface area contributed by atoms with E-state index in [-0.39, 0.29) is 30.2 Å². The van der Waals surface area contributed by atoms with E-state index in [2.05, 4.69) is 16.0 Å². The Morgan fingerprint density at radius 2 is 1.68 bits per heavy atom. The van der Waals surface area contributed by atoms with E-state index < -0.39 is 6.04 Å². The van der Waals surface area contributed by atoms with E-state index in [0.29, 0.717) is 11.1 Å². The highest BCUT2D eigenvalue weighted by Gasteiger charge is 2.25. The highest BCUT2D eigenvalue weighted by molar-refractivity contribution is 5.98. The van der Waals surface area contributed by atoms with E-state index in [9.17, 15) is 14.4 Å². The third-order valence-electron chi connectivity index (χ3n) is 4.51. The molecule has 2 aromatic rings. The maximum atomic E-state index is 12.7. The zero-order valence-electron chi connectivity index (χ0n) is 16.7. The average Bonchev–Trinajstić information content (AvgIpc) is 2.69. The number of benzene rings is 2. The van der Waals surface area contributed by atoms with E-state index in [0.717, 1.165) is 11.1 Å². The number of hydrogen-bond donors (Lipinski definition) is 3. The van der Waals surface area contributed by atoms with Crippen LogP contribution in [0.5, 0.6) is 0 Å². The van der Waals surface area contributed by atoms with Crippen LogP contribution in [0, 0.1) is 12.8 Å². The first-order valence-electron chi connectivity index (χ1n) is 9.28. The number of amides is 3. The van der Waals surface area contributed by atoms with Gasteiger partial charge in [0.05, 0.1) is 0 Å². The Balaban J connectivity index is 2.04. The fourth-order valence-corrected chi connectivity index (χ4v) is 2.85. The summed E-state index contributed by atoms with van der Waals surface area (Å²) in [5.41, 5.74) is 2.75. The number of nitrogens with one attached hydrogen (secondary N) is 3. The van der Waals surface area contributed by atoms with Crippen LogP contribution in [-0.4, -0.2) is 30.8 Å². The maximum absolute atomic E-state index is 12.7. The van der Waals surface area contributed by atoms with E-state index in [1.807, 2.05) is 39.0 Å². The van der Waals surface area contributed by atoms with Crippen LogP contribution in [0.1, 0.15) is 45.7 Å². The molecule has 0 fully saturated rings. The second kappa shape index (κ2) is 9.69. The van der Waals surface area contributed by atoms with E-state index >= 15 is 0 Å². The van der Waals surface area contributed by atoms with E-state index in [1.165, 1.54) is 0 Å². The van der Waals surface area contributed by atoms with Gasteiger partial charge in [0.1, 0.15) is 6.04 Å². The van der Waals surface area contributed by atoms with Crippen LogP contribution in [0.15, 0.2) is 48.5 Å². The lowest BCUT2D eigenvalue weighted by Gasteiger charge is -2.22. The smallest absolute Gasteiger partial charge is 0.252 e. The molecule has 0 heterocycles. The fraction of sp³-hybridized carbons (Fsp3) is 0.318. The van der Waals surface area contributed by atoms with Gasteiger partial charge in [-0.3, -0.25) is 14.4 Å². The van der Waals surface area contributed by atoms with Gasteiger partial charge in [0.15, 0.2) is 0 Å². The van der Waals surface area contributed by atoms with Crippen LogP contribution in [0.4, 0.5) is 0 Å². The number of aryl methyl sites for hydroxylation is 1. The van der Waals surface area contributed by atoms with Crippen molar-refractivity contribution < 1.29 is 14.4 Å². The number of carbonyl (C=O) groups is 3. The van der Waals surface area contributed by atoms with Crippen LogP contribution in [0.2, 0.25) is 0 Å². The number of rotatable bonds is 7. The molecule has 148 valence electrons. The predicted molar refractivity (Wildman–Crippen MR) is 109 cm³/mol. The second-order valence-corrected chi connectivity index (χ2v) is 7.01. The summed E-state index contributed by atoms with van der Waals surface area (Å²) in [6.45, 7) is 5.90. The number of carbonyl (C=O) groups excluding carboxylic acids is 3. The molecule has 0 saturated carbocycles. The molecule has 0 aliphatic rings. The summed E-state index contributed by atoms with van der Waals surface area (Å²) < 4.78 is 0. The standard InChI is InChI=1S/C22H27N3O3/c1-14(2)19(25-21(27)18-11-6-5-8-15(18)3)22(28)24-13-16-9-7-10-17(12-16)20(26)23-4/h5-12,14,19H,13H2,1-4H3,(H,23,26)(H,24,28)(H,25,27). The minimum atomic E-state index is -0.658. The Labute approximate surface area is 165 Å². The Bertz CT molecular complexity index is 862. The van der Waals surface area contributed by atoms with Crippen LogP contribution >= 0.6 is 0 Å². The van der Waals surface area contributed by atoms with Crippen LogP contribution < -0.4 is 16.0 Å². The minimum Gasteiger partial charge on any atom is -0.355 e. The van der Waals surface area contributed by atoms with Gasteiger partial charge in [-0.05, 0) is 42.2 Å². The van der Waals surface area contributed by atoms with Crippen molar-refractivity contribution in [3.8, 4) is 0 Å². The number of hydrogen-bond acceptors (Lipinski definition) is 3. The molecule has 3 N–H and O–H groups in total. The van der Waals surface area contributed by atoms with Crippen LogP contribution in [-0.2, 0) is 11.3 Å². The predicted octanol–water partition coefficient (Wildman–Crippen LogP) is 2.43. The van der Waals surface area contributed by atoms with Crippen molar-refractivity contribution in [2.75, 3.05) is 7.05 Å². The average molecular weight is 381 g/mol. The third kappa shape index (κ3) is 5.42. The van der Waals surface area contributed by atoms with E-state index in [1.54, 1.807) is 37.4 Å². The van der Waals surface area contributed by atoms with Gasteiger partial charge in [-0.15, -0.1) is 0 Å². The summed E-state index contributed by atoms with van der Waals surface area (Å²) in [5.74, 6) is -0.792. The Morgan fingerprint density at radius 1 is 0.964 bits per heavy atom. The highest BCUT2D eigenvalue weighted by atomic mass is 16.2. The minimum absolute atomic E-state index is 0.0785. The second-order valence-electron chi connectivity index (χ2n) is 7.01. The van der Waals surface area contributed by atoms with Crippen molar-refractivity contribution >= 4 is 17.7 Å². The summed E-state index contributed by atoms with van der Waals surface area (Å²) in [5, 5.41) is 8.26. The molecule has 0 aliphatic heterocycles. The molecule has 0 aliphatic carbocycles. The summed E-state index contributed by atoms with van der Waals surface area (Å²) in [6.07, 6.45) is 0. The van der Waals surface area contributed by atoms with Crippen molar-refractivity contribution in [2.24, 2.45) is 5.92 Å². The third-order valence-corrected chi connectivity index (χ3v) is 4.51. The lowest BCUT2D eigenvalue weighted by Crippen LogP contribution is -2.49. The van der Waals surface area contributed by atoms with Crippen molar-refractivity contribution in [3.05, 3.63) is 70.8 Å². The van der Waals surface area contributed by atoms with Crippen molar-refractivity contribution in [1.29, 1.82) is 0 Å². The van der Waals surface area contributed by atoms with Crippen molar-refractivity contribution in [1.82, 2.24) is 16.0 Å². The normalized spacial score (nSPS) is 11.6. The topological polar surface area (TPSA) is 87.3 Å². The van der Waals surface area contributed by atoms with Crippen molar-refractivity contribution in [3.63, 3.8) is 0 Å². The van der Waals surface area contributed by atoms with Gasteiger partial charge >= 0.3 is 0 Å². The molecule has 28 heavy (non-hydrogen) atoms. The molecule has 0 saturated heterocycles. The molecule has 1 unspecified atom stereocenters. The summed E-state index contributed by atoms with van der Waals surface area (Å²) in [7, 11) is 1.57. The molecular formula is C22H27N3O3. The van der Waals surface area contributed by atoms with Crippen LogP contribution in [0.3, 0.4) is 0 Å². The lowest BCUT2D eigenvalue weighted by atomic mass is 10.0. The van der Waals surface area contributed by atoms with Crippen LogP contribution in [0.25, 0.3) is 0 Å².